The first kappa shape index (κ1) is 12.5. The number of carboxylic acids is 1. The molecule has 15 heavy (non-hydrogen) atoms. The van der Waals surface area contributed by atoms with Crippen molar-refractivity contribution in [2.45, 2.75) is 51.2 Å². The largest absolute Gasteiger partial charge is 0.480 e. The number of aliphatic hydroxyl groups excluding tert-OH is 1. The second-order valence-corrected chi connectivity index (χ2v) is 4.66. The Bertz CT molecular complexity index is 230. The summed E-state index contributed by atoms with van der Waals surface area (Å²) in [4.78, 5) is 13.2. The molecule has 2 N–H and O–H groups in total. The highest BCUT2D eigenvalue weighted by Crippen LogP contribution is 2.28. The molecule has 1 rings (SSSR count). The second kappa shape index (κ2) is 4.94. The third-order valence-corrected chi connectivity index (χ3v) is 3.32. The summed E-state index contributed by atoms with van der Waals surface area (Å²) in [5.74, 6) is -0.743. The van der Waals surface area contributed by atoms with Crippen LogP contribution in [0, 0.1) is 0 Å². The SMILES string of the molecule is CC(O)CCN1CCCCC1(C)C(=O)O. The lowest BCUT2D eigenvalue weighted by Gasteiger charge is -2.41. The molecule has 0 saturated carbocycles. The molecule has 1 aliphatic heterocycles. The predicted molar refractivity (Wildman–Crippen MR) is 57.8 cm³/mol. The van der Waals surface area contributed by atoms with E-state index in [1.165, 1.54) is 0 Å². The molecule has 0 bridgehead atoms. The number of aliphatic carboxylic acids is 1. The molecule has 0 aromatic rings. The van der Waals surface area contributed by atoms with Crippen LogP contribution < -0.4 is 0 Å². The zero-order chi connectivity index (χ0) is 11.5. The number of aliphatic hydroxyl groups is 1. The van der Waals surface area contributed by atoms with Gasteiger partial charge in [-0.1, -0.05) is 0 Å². The molecule has 0 aromatic heterocycles. The summed E-state index contributed by atoms with van der Waals surface area (Å²) < 4.78 is 0. The minimum absolute atomic E-state index is 0.357. The van der Waals surface area contributed by atoms with E-state index in [0.717, 1.165) is 19.4 Å². The minimum atomic E-state index is -0.743. The molecule has 1 heterocycles. The average molecular weight is 215 g/mol. The summed E-state index contributed by atoms with van der Waals surface area (Å²) in [6.07, 6.45) is 3.03. The van der Waals surface area contributed by atoms with E-state index >= 15 is 0 Å². The van der Waals surface area contributed by atoms with E-state index in [4.69, 9.17) is 0 Å². The maximum absolute atomic E-state index is 11.2. The van der Waals surface area contributed by atoms with Gasteiger partial charge < -0.3 is 10.2 Å². The van der Waals surface area contributed by atoms with E-state index in [2.05, 4.69) is 0 Å². The third kappa shape index (κ3) is 2.92. The molecule has 0 aromatic carbocycles. The van der Waals surface area contributed by atoms with Gasteiger partial charge in [0.2, 0.25) is 0 Å². The highest BCUT2D eigenvalue weighted by atomic mass is 16.4. The Balaban J connectivity index is 2.61. The van der Waals surface area contributed by atoms with Crippen LogP contribution in [0.1, 0.15) is 39.5 Å². The molecule has 1 saturated heterocycles. The van der Waals surface area contributed by atoms with Crippen molar-refractivity contribution in [2.75, 3.05) is 13.1 Å². The molecule has 1 aliphatic rings. The van der Waals surface area contributed by atoms with Gasteiger partial charge in [0.1, 0.15) is 5.54 Å². The number of likely N-dealkylation sites (tertiary alicyclic amines) is 1. The van der Waals surface area contributed by atoms with E-state index in [1.807, 2.05) is 4.90 Å². The quantitative estimate of drug-likeness (QED) is 0.737. The topological polar surface area (TPSA) is 60.8 Å². The normalized spacial score (nSPS) is 30.1. The van der Waals surface area contributed by atoms with Crippen molar-refractivity contribution in [3.63, 3.8) is 0 Å². The lowest BCUT2D eigenvalue weighted by Crippen LogP contribution is -2.55. The summed E-state index contributed by atoms with van der Waals surface area (Å²) in [5, 5.41) is 18.4. The number of nitrogens with zero attached hydrogens (tertiary/aromatic N) is 1. The molecule has 4 heteroatoms. The lowest BCUT2D eigenvalue weighted by molar-refractivity contribution is -0.153. The number of carbonyl (C=O) groups is 1. The summed E-state index contributed by atoms with van der Waals surface area (Å²) >= 11 is 0. The minimum Gasteiger partial charge on any atom is -0.480 e. The summed E-state index contributed by atoms with van der Waals surface area (Å²) in [5.41, 5.74) is -0.729. The molecular weight excluding hydrogens is 194 g/mol. The number of carboxylic acid groups (broad SMARTS) is 1. The lowest BCUT2D eigenvalue weighted by atomic mass is 9.88. The molecule has 1 fully saturated rings. The Labute approximate surface area is 90.9 Å². The van der Waals surface area contributed by atoms with Crippen molar-refractivity contribution < 1.29 is 15.0 Å². The number of hydrogen-bond donors (Lipinski definition) is 2. The van der Waals surface area contributed by atoms with E-state index in [-0.39, 0.29) is 6.10 Å². The van der Waals surface area contributed by atoms with Gasteiger partial charge in [-0.05, 0) is 46.1 Å². The Kier molecular flexibility index (Phi) is 4.11. The van der Waals surface area contributed by atoms with Gasteiger partial charge in [0.15, 0.2) is 0 Å². The number of hydrogen-bond acceptors (Lipinski definition) is 3. The van der Waals surface area contributed by atoms with Crippen LogP contribution in [0.2, 0.25) is 0 Å². The molecule has 88 valence electrons. The second-order valence-electron chi connectivity index (χ2n) is 4.66. The van der Waals surface area contributed by atoms with Gasteiger partial charge in [-0.25, -0.2) is 0 Å². The van der Waals surface area contributed by atoms with Crippen LogP contribution in [-0.4, -0.2) is 45.8 Å². The van der Waals surface area contributed by atoms with Gasteiger partial charge in [-0.15, -0.1) is 0 Å². The van der Waals surface area contributed by atoms with Crippen LogP contribution in [0.4, 0.5) is 0 Å². The monoisotopic (exact) mass is 215 g/mol. The highest BCUT2D eigenvalue weighted by Gasteiger charge is 2.40. The predicted octanol–water partition coefficient (Wildman–Crippen LogP) is 1.09. The van der Waals surface area contributed by atoms with E-state index < -0.39 is 11.5 Å². The highest BCUT2D eigenvalue weighted by molar-refractivity contribution is 5.78. The van der Waals surface area contributed by atoms with Crippen LogP contribution in [0.25, 0.3) is 0 Å². The van der Waals surface area contributed by atoms with Crippen LogP contribution in [-0.2, 0) is 4.79 Å². The summed E-state index contributed by atoms with van der Waals surface area (Å²) in [6.45, 7) is 5.02. The molecule has 0 radical (unpaired) electrons. The molecular formula is C11H21NO3. The van der Waals surface area contributed by atoms with Crippen molar-refractivity contribution in [1.29, 1.82) is 0 Å². The fourth-order valence-corrected chi connectivity index (χ4v) is 2.12. The smallest absolute Gasteiger partial charge is 0.323 e. The van der Waals surface area contributed by atoms with E-state index in [1.54, 1.807) is 13.8 Å². The van der Waals surface area contributed by atoms with E-state index in [9.17, 15) is 15.0 Å². The first-order valence-electron chi connectivity index (χ1n) is 5.63. The van der Waals surface area contributed by atoms with Crippen molar-refractivity contribution in [3.8, 4) is 0 Å². The van der Waals surface area contributed by atoms with Crippen LogP contribution >= 0.6 is 0 Å². The molecule has 2 unspecified atom stereocenters. The summed E-state index contributed by atoms with van der Waals surface area (Å²) in [7, 11) is 0. The first-order valence-corrected chi connectivity index (χ1v) is 5.63. The van der Waals surface area contributed by atoms with Crippen molar-refractivity contribution in [3.05, 3.63) is 0 Å². The van der Waals surface area contributed by atoms with Gasteiger partial charge in [-0.3, -0.25) is 9.69 Å². The summed E-state index contributed by atoms with van der Waals surface area (Å²) in [6, 6.07) is 0. The van der Waals surface area contributed by atoms with Gasteiger partial charge in [0.05, 0.1) is 6.10 Å². The van der Waals surface area contributed by atoms with Crippen LogP contribution in [0.3, 0.4) is 0 Å². The standard InChI is InChI=1S/C11H21NO3/c1-9(13)5-8-12-7-4-3-6-11(12,2)10(14)15/h9,13H,3-8H2,1-2H3,(H,14,15). The Morgan fingerprint density at radius 3 is 2.73 bits per heavy atom. The average Bonchev–Trinajstić information content (AvgIpc) is 2.16. The number of piperidine rings is 1. The maximum atomic E-state index is 11.2. The molecule has 0 aliphatic carbocycles. The van der Waals surface area contributed by atoms with Crippen LogP contribution in [0.15, 0.2) is 0 Å². The Hall–Kier alpha value is -0.610. The van der Waals surface area contributed by atoms with Crippen molar-refractivity contribution >= 4 is 5.97 Å². The maximum Gasteiger partial charge on any atom is 0.323 e. The fraction of sp³-hybridized carbons (Fsp3) is 0.909. The van der Waals surface area contributed by atoms with Gasteiger partial charge >= 0.3 is 5.97 Å². The molecule has 2 atom stereocenters. The van der Waals surface area contributed by atoms with Crippen molar-refractivity contribution in [2.24, 2.45) is 0 Å². The number of rotatable bonds is 4. The molecule has 4 nitrogen and oxygen atoms in total. The van der Waals surface area contributed by atoms with Gasteiger partial charge in [0.25, 0.3) is 0 Å². The third-order valence-electron chi connectivity index (χ3n) is 3.32. The molecule has 0 spiro atoms. The van der Waals surface area contributed by atoms with E-state index in [0.29, 0.717) is 19.4 Å². The van der Waals surface area contributed by atoms with Gasteiger partial charge in [-0.2, -0.15) is 0 Å². The zero-order valence-corrected chi connectivity index (χ0v) is 9.57. The van der Waals surface area contributed by atoms with Gasteiger partial charge in [0, 0.05) is 6.54 Å². The Morgan fingerprint density at radius 2 is 2.20 bits per heavy atom. The Morgan fingerprint density at radius 1 is 1.53 bits per heavy atom. The van der Waals surface area contributed by atoms with Crippen molar-refractivity contribution in [1.82, 2.24) is 4.90 Å². The first-order chi connectivity index (χ1) is 6.97. The zero-order valence-electron chi connectivity index (χ0n) is 9.57. The fourth-order valence-electron chi connectivity index (χ4n) is 2.12. The van der Waals surface area contributed by atoms with Crippen LogP contribution in [0.5, 0.6) is 0 Å². The molecule has 0 amide bonds.